The van der Waals surface area contributed by atoms with E-state index in [2.05, 4.69) is 37.9 Å². The van der Waals surface area contributed by atoms with Gasteiger partial charge < -0.3 is 5.32 Å². The van der Waals surface area contributed by atoms with Crippen LogP contribution in [-0.2, 0) is 6.42 Å². The van der Waals surface area contributed by atoms with Crippen molar-refractivity contribution in [3.05, 3.63) is 35.4 Å². The first-order valence-corrected chi connectivity index (χ1v) is 9.90. The van der Waals surface area contributed by atoms with E-state index < -0.39 is 5.67 Å². The molecule has 1 N–H and O–H groups in total. The zero-order chi connectivity index (χ0) is 19.0. The van der Waals surface area contributed by atoms with Crippen LogP contribution in [0.2, 0.25) is 0 Å². The van der Waals surface area contributed by atoms with Crippen LogP contribution in [0.5, 0.6) is 0 Å². The van der Waals surface area contributed by atoms with Crippen LogP contribution >= 0.6 is 0 Å². The highest BCUT2D eigenvalue weighted by Crippen LogP contribution is 2.26. The highest BCUT2D eigenvalue weighted by atomic mass is 19.1. The summed E-state index contributed by atoms with van der Waals surface area (Å²) in [5.74, 6) is 5.75. The average molecular weight is 358 g/mol. The van der Waals surface area contributed by atoms with Gasteiger partial charge in [-0.2, -0.15) is 0 Å². The summed E-state index contributed by atoms with van der Waals surface area (Å²) in [5, 5.41) is 2.98. The number of hydrogen-bond donors (Lipinski definition) is 1. The Balaban J connectivity index is 1.92. The van der Waals surface area contributed by atoms with Crippen LogP contribution in [0, 0.1) is 17.3 Å². The SMILES string of the molecule is CCC(C)(C)CCNC(=O)c1ccc(CC2(F)C#CCCCCC2)cc1. The predicted octanol–water partition coefficient (Wildman–Crippen LogP) is 5.46. The first kappa shape index (κ1) is 20.5. The Morgan fingerprint density at radius 3 is 2.65 bits per heavy atom. The van der Waals surface area contributed by atoms with Crippen LogP contribution in [0.25, 0.3) is 0 Å². The van der Waals surface area contributed by atoms with Gasteiger partial charge in [0.15, 0.2) is 5.67 Å². The molecule has 0 aromatic heterocycles. The zero-order valence-corrected chi connectivity index (χ0v) is 16.5. The number of halogens is 1. The third-order valence-corrected chi connectivity index (χ3v) is 5.43. The van der Waals surface area contributed by atoms with Crippen molar-refractivity contribution in [2.24, 2.45) is 5.41 Å². The topological polar surface area (TPSA) is 29.1 Å². The fraction of sp³-hybridized carbons (Fsp3) is 0.609. The van der Waals surface area contributed by atoms with Crippen molar-refractivity contribution < 1.29 is 9.18 Å². The Hall–Kier alpha value is -1.82. The Labute approximate surface area is 158 Å². The van der Waals surface area contributed by atoms with Gasteiger partial charge in [0.05, 0.1) is 0 Å². The third-order valence-electron chi connectivity index (χ3n) is 5.43. The Bertz CT molecular complexity index is 653. The summed E-state index contributed by atoms with van der Waals surface area (Å²) < 4.78 is 15.0. The minimum Gasteiger partial charge on any atom is -0.352 e. The Kier molecular flexibility index (Phi) is 7.26. The minimum atomic E-state index is -1.43. The molecule has 1 aromatic carbocycles. The van der Waals surface area contributed by atoms with Gasteiger partial charge in [-0.1, -0.05) is 57.6 Å². The van der Waals surface area contributed by atoms with Crippen molar-refractivity contribution in [1.29, 1.82) is 0 Å². The molecule has 1 aliphatic carbocycles. The van der Waals surface area contributed by atoms with E-state index in [1.807, 2.05) is 12.1 Å². The van der Waals surface area contributed by atoms with Gasteiger partial charge in [0, 0.05) is 24.9 Å². The van der Waals surface area contributed by atoms with Crippen LogP contribution in [0.1, 0.15) is 81.6 Å². The largest absolute Gasteiger partial charge is 0.352 e. The van der Waals surface area contributed by atoms with E-state index in [-0.39, 0.29) is 11.3 Å². The minimum absolute atomic E-state index is 0.0656. The molecule has 1 aliphatic rings. The first-order valence-electron chi connectivity index (χ1n) is 9.90. The molecule has 1 amide bonds. The summed E-state index contributed by atoms with van der Waals surface area (Å²) in [4.78, 5) is 12.3. The number of rotatable bonds is 7. The van der Waals surface area contributed by atoms with E-state index in [9.17, 15) is 4.79 Å². The van der Waals surface area contributed by atoms with Crippen molar-refractivity contribution in [2.75, 3.05) is 6.54 Å². The summed E-state index contributed by atoms with van der Waals surface area (Å²) in [6.07, 6.45) is 6.64. The van der Waals surface area contributed by atoms with Crippen molar-refractivity contribution in [1.82, 2.24) is 5.32 Å². The molecule has 0 saturated heterocycles. The maximum Gasteiger partial charge on any atom is 0.251 e. The lowest BCUT2D eigenvalue weighted by Gasteiger charge is -2.22. The van der Waals surface area contributed by atoms with Crippen molar-refractivity contribution in [3.8, 4) is 11.8 Å². The molecular formula is C23H32FNO. The van der Waals surface area contributed by atoms with E-state index in [0.717, 1.165) is 44.1 Å². The number of carbonyl (C=O) groups is 1. The fourth-order valence-electron chi connectivity index (χ4n) is 3.10. The number of alkyl halides is 1. The molecule has 1 aromatic rings. The quantitative estimate of drug-likeness (QED) is 0.645. The van der Waals surface area contributed by atoms with Crippen LogP contribution in [0.4, 0.5) is 4.39 Å². The van der Waals surface area contributed by atoms with Crippen LogP contribution in [0.3, 0.4) is 0 Å². The van der Waals surface area contributed by atoms with E-state index in [4.69, 9.17) is 0 Å². The van der Waals surface area contributed by atoms with E-state index >= 15 is 4.39 Å². The van der Waals surface area contributed by atoms with Crippen LogP contribution in [-0.4, -0.2) is 18.1 Å². The van der Waals surface area contributed by atoms with Gasteiger partial charge in [-0.05, 0) is 48.8 Å². The molecule has 0 spiro atoms. The van der Waals surface area contributed by atoms with E-state index in [1.165, 1.54) is 0 Å². The van der Waals surface area contributed by atoms with Gasteiger partial charge in [0.25, 0.3) is 5.91 Å². The van der Waals surface area contributed by atoms with Gasteiger partial charge in [0.1, 0.15) is 0 Å². The second kappa shape index (κ2) is 9.21. The lowest BCUT2D eigenvalue weighted by molar-refractivity contribution is 0.0948. The van der Waals surface area contributed by atoms with Crippen molar-refractivity contribution in [2.45, 2.75) is 77.8 Å². The molecule has 0 heterocycles. The summed E-state index contributed by atoms with van der Waals surface area (Å²) in [6.45, 7) is 7.25. The molecule has 1 atom stereocenters. The molecule has 0 bridgehead atoms. The van der Waals surface area contributed by atoms with Crippen molar-refractivity contribution >= 4 is 5.91 Å². The first-order chi connectivity index (χ1) is 12.3. The number of hydrogen-bond acceptors (Lipinski definition) is 1. The monoisotopic (exact) mass is 357 g/mol. The van der Waals surface area contributed by atoms with Gasteiger partial charge in [-0.25, -0.2) is 4.39 Å². The number of nitrogens with one attached hydrogen (secondary N) is 1. The normalized spacial score (nSPS) is 20.5. The molecule has 3 heteroatoms. The molecule has 2 nitrogen and oxygen atoms in total. The van der Waals surface area contributed by atoms with Crippen LogP contribution < -0.4 is 5.32 Å². The van der Waals surface area contributed by atoms with Gasteiger partial charge in [-0.15, -0.1) is 0 Å². The zero-order valence-electron chi connectivity index (χ0n) is 16.5. The second-order valence-corrected chi connectivity index (χ2v) is 8.23. The summed E-state index contributed by atoms with van der Waals surface area (Å²) in [5.41, 5.74) is 0.326. The van der Waals surface area contributed by atoms with Crippen LogP contribution in [0.15, 0.2) is 24.3 Å². The molecule has 26 heavy (non-hydrogen) atoms. The third kappa shape index (κ3) is 6.48. The molecule has 142 valence electrons. The molecular weight excluding hydrogens is 325 g/mol. The maximum atomic E-state index is 15.0. The average Bonchev–Trinajstić information content (AvgIpc) is 2.59. The molecule has 0 aliphatic heterocycles. The summed E-state index contributed by atoms with van der Waals surface area (Å²) in [6, 6.07) is 7.28. The lowest BCUT2D eigenvalue weighted by atomic mass is 9.86. The predicted molar refractivity (Wildman–Crippen MR) is 106 cm³/mol. The van der Waals surface area contributed by atoms with E-state index in [0.29, 0.717) is 24.9 Å². The standard InChI is InChI=1S/C23H32FNO/c1-4-22(2,3)16-17-25-21(26)20-12-10-19(11-13-20)18-23(24)14-8-6-5-7-9-15-23/h10-13H,4-8,14,16-18H2,1-3H3,(H,25,26). The Morgan fingerprint density at radius 2 is 1.96 bits per heavy atom. The smallest absolute Gasteiger partial charge is 0.251 e. The summed E-state index contributed by atoms with van der Waals surface area (Å²) in [7, 11) is 0. The number of amides is 1. The second-order valence-electron chi connectivity index (χ2n) is 8.23. The maximum absolute atomic E-state index is 15.0. The fourth-order valence-corrected chi connectivity index (χ4v) is 3.10. The molecule has 0 saturated carbocycles. The lowest BCUT2D eigenvalue weighted by Crippen LogP contribution is -2.28. The van der Waals surface area contributed by atoms with Crippen molar-refractivity contribution in [3.63, 3.8) is 0 Å². The number of benzene rings is 1. The van der Waals surface area contributed by atoms with Gasteiger partial charge in [0.2, 0.25) is 0 Å². The highest BCUT2D eigenvalue weighted by molar-refractivity contribution is 5.94. The van der Waals surface area contributed by atoms with E-state index in [1.54, 1.807) is 12.1 Å². The molecule has 2 rings (SSSR count). The van der Waals surface area contributed by atoms with Gasteiger partial charge in [-0.3, -0.25) is 4.79 Å². The summed E-state index contributed by atoms with van der Waals surface area (Å²) >= 11 is 0. The molecule has 1 unspecified atom stereocenters. The Morgan fingerprint density at radius 1 is 1.23 bits per heavy atom. The molecule has 0 radical (unpaired) electrons. The highest BCUT2D eigenvalue weighted by Gasteiger charge is 2.27. The molecule has 0 fully saturated rings. The van der Waals surface area contributed by atoms with Gasteiger partial charge >= 0.3 is 0 Å². The number of carbonyl (C=O) groups excluding carboxylic acids is 1.